The highest BCUT2D eigenvalue weighted by Crippen LogP contribution is 2.32. The number of likely N-dealkylation sites (N-methyl/N-ethyl adjacent to an activating group) is 1. The molecule has 1 aromatic carbocycles. The quantitative estimate of drug-likeness (QED) is 0.880. The van der Waals surface area contributed by atoms with Crippen LogP contribution in [0.25, 0.3) is 0 Å². The van der Waals surface area contributed by atoms with E-state index >= 15 is 0 Å². The molecular formula is C16H18N4S. The van der Waals surface area contributed by atoms with Crippen LogP contribution in [-0.4, -0.2) is 30.1 Å². The van der Waals surface area contributed by atoms with Gasteiger partial charge in [0.15, 0.2) is 0 Å². The van der Waals surface area contributed by atoms with Crippen molar-refractivity contribution in [1.82, 2.24) is 4.98 Å². The van der Waals surface area contributed by atoms with Crippen LogP contribution >= 0.6 is 12.2 Å². The number of nitrogens with two attached hydrogens (primary N) is 1. The number of hydrogen-bond acceptors (Lipinski definition) is 4. The van der Waals surface area contributed by atoms with Crippen molar-refractivity contribution in [2.75, 3.05) is 29.9 Å². The molecule has 1 aliphatic rings. The molecule has 0 radical (unpaired) electrons. The third-order valence-corrected chi connectivity index (χ3v) is 4.02. The first-order valence-electron chi connectivity index (χ1n) is 6.95. The Hall–Kier alpha value is -2.14. The van der Waals surface area contributed by atoms with Crippen molar-refractivity contribution >= 4 is 28.6 Å². The number of nitrogens with zero attached hydrogens (tertiary/aromatic N) is 3. The number of thiocarbonyl (C=S) groups is 1. The van der Waals surface area contributed by atoms with Crippen LogP contribution in [0.3, 0.4) is 0 Å². The summed E-state index contributed by atoms with van der Waals surface area (Å²) in [5, 5.41) is 0. The highest BCUT2D eigenvalue weighted by molar-refractivity contribution is 7.80. The second-order valence-electron chi connectivity index (χ2n) is 5.21. The lowest BCUT2D eigenvalue weighted by Crippen LogP contribution is -2.39. The first-order valence-corrected chi connectivity index (χ1v) is 7.36. The third-order valence-electron chi connectivity index (χ3n) is 3.82. The Morgan fingerprint density at radius 3 is 2.71 bits per heavy atom. The van der Waals surface area contributed by atoms with E-state index in [4.69, 9.17) is 18.0 Å². The van der Waals surface area contributed by atoms with Crippen LogP contribution in [0.4, 0.5) is 11.4 Å². The van der Waals surface area contributed by atoms with Crippen molar-refractivity contribution in [3.05, 3.63) is 53.9 Å². The molecule has 21 heavy (non-hydrogen) atoms. The standard InChI is InChI=1S/C16H18N4S/c1-19-9-10-20(14-7-3-2-6-13(14)19)11-12-5-4-8-18-15(12)16(17)21/h2-8H,9-11H2,1H3,(H2,17,21). The van der Waals surface area contributed by atoms with E-state index in [0.717, 1.165) is 30.9 Å². The zero-order chi connectivity index (χ0) is 14.8. The molecule has 0 amide bonds. The Bertz CT molecular complexity index is 671. The van der Waals surface area contributed by atoms with Crippen LogP contribution in [0.15, 0.2) is 42.6 Å². The van der Waals surface area contributed by atoms with Gasteiger partial charge in [0.1, 0.15) is 10.7 Å². The topological polar surface area (TPSA) is 45.4 Å². The summed E-state index contributed by atoms with van der Waals surface area (Å²) >= 11 is 5.10. The summed E-state index contributed by atoms with van der Waals surface area (Å²) < 4.78 is 0. The largest absolute Gasteiger partial charge is 0.388 e. The van der Waals surface area contributed by atoms with E-state index in [9.17, 15) is 0 Å². The normalized spacial score (nSPS) is 14.0. The molecule has 0 atom stereocenters. The minimum absolute atomic E-state index is 0.355. The predicted molar refractivity (Wildman–Crippen MR) is 90.9 cm³/mol. The van der Waals surface area contributed by atoms with Gasteiger partial charge < -0.3 is 15.5 Å². The molecule has 1 aliphatic heterocycles. The molecule has 0 aliphatic carbocycles. The van der Waals surface area contributed by atoms with E-state index in [0.29, 0.717) is 4.99 Å². The Balaban J connectivity index is 1.93. The van der Waals surface area contributed by atoms with E-state index in [2.05, 4.69) is 46.1 Å². The zero-order valence-corrected chi connectivity index (χ0v) is 12.8. The maximum Gasteiger partial charge on any atom is 0.123 e. The molecule has 2 N–H and O–H groups in total. The van der Waals surface area contributed by atoms with Gasteiger partial charge in [-0.3, -0.25) is 4.98 Å². The molecule has 5 heteroatoms. The number of hydrogen-bond donors (Lipinski definition) is 1. The highest BCUT2D eigenvalue weighted by atomic mass is 32.1. The van der Waals surface area contributed by atoms with Crippen molar-refractivity contribution in [3.8, 4) is 0 Å². The third kappa shape index (κ3) is 2.69. The summed E-state index contributed by atoms with van der Waals surface area (Å²) in [5.41, 5.74) is 10.1. The van der Waals surface area contributed by atoms with Crippen molar-refractivity contribution < 1.29 is 0 Å². The van der Waals surface area contributed by atoms with E-state index in [1.54, 1.807) is 6.20 Å². The number of rotatable bonds is 3. The molecule has 0 bridgehead atoms. The van der Waals surface area contributed by atoms with Crippen LogP contribution in [0.2, 0.25) is 0 Å². The predicted octanol–water partition coefficient (Wildman–Crippen LogP) is 2.17. The molecule has 2 aromatic rings. The Labute approximate surface area is 130 Å². The smallest absolute Gasteiger partial charge is 0.123 e. The summed E-state index contributed by atoms with van der Waals surface area (Å²) in [4.78, 5) is 9.30. The van der Waals surface area contributed by atoms with Gasteiger partial charge in [-0.2, -0.15) is 0 Å². The fourth-order valence-electron chi connectivity index (χ4n) is 2.72. The lowest BCUT2D eigenvalue weighted by atomic mass is 10.1. The summed E-state index contributed by atoms with van der Waals surface area (Å²) in [7, 11) is 2.13. The van der Waals surface area contributed by atoms with E-state index in [1.807, 2.05) is 12.1 Å². The van der Waals surface area contributed by atoms with Gasteiger partial charge in [0.05, 0.1) is 11.4 Å². The molecule has 0 fully saturated rings. The maximum absolute atomic E-state index is 5.78. The lowest BCUT2D eigenvalue weighted by Gasteiger charge is -2.37. The average Bonchev–Trinajstić information content (AvgIpc) is 2.51. The first-order chi connectivity index (χ1) is 10.2. The van der Waals surface area contributed by atoms with Gasteiger partial charge in [-0.25, -0.2) is 0 Å². The number of para-hydroxylation sites is 2. The molecule has 3 rings (SSSR count). The van der Waals surface area contributed by atoms with Crippen LogP contribution in [0.5, 0.6) is 0 Å². The average molecular weight is 298 g/mol. The first kappa shape index (κ1) is 13.8. The molecule has 0 saturated heterocycles. The van der Waals surface area contributed by atoms with Crippen molar-refractivity contribution in [2.24, 2.45) is 5.73 Å². The minimum atomic E-state index is 0.355. The number of benzene rings is 1. The molecule has 4 nitrogen and oxygen atoms in total. The SMILES string of the molecule is CN1CCN(Cc2cccnc2C(N)=S)c2ccccc21. The van der Waals surface area contributed by atoms with Crippen molar-refractivity contribution in [1.29, 1.82) is 0 Å². The summed E-state index contributed by atoms with van der Waals surface area (Å²) in [5.74, 6) is 0. The van der Waals surface area contributed by atoms with Crippen LogP contribution in [0, 0.1) is 0 Å². The molecule has 108 valence electrons. The molecule has 1 aromatic heterocycles. The summed E-state index contributed by atoms with van der Waals surface area (Å²) in [6.07, 6.45) is 1.73. The van der Waals surface area contributed by atoms with Crippen LogP contribution < -0.4 is 15.5 Å². The number of fused-ring (bicyclic) bond motifs is 1. The van der Waals surface area contributed by atoms with E-state index < -0.39 is 0 Å². The second kappa shape index (κ2) is 5.69. The van der Waals surface area contributed by atoms with Crippen LogP contribution in [0.1, 0.15) is 11.3 Å². The lowest BCUT2D eigenvalue weighted by molar-refractivity contribution is 0.733. The number of anilines is 2. The monoisotopic (exact) mass is 298 g/mol. The Kier molecular flexibility index (Phi) is 3.75. The molecule has 2 heterocycles. The summed E-state index contributed by atoms with van der Waals surface area (Å²) in [6.45, 7) is 2.74. The van der Waals surface area contributed by atoms with Crippen molar-refractivity contribution in [2.45, 2.75) is 6.54 Å². The fourth-order valence-corrected chi connectivity index (χ4v) is 2.91. The van der Waals surface area contributed by atoms with Gasteiger partial charge in [0, 0.05) is 38.4 Å². The van der Waals surface area contributed by atoms with Gasteiger partial charge in [-0.05, 0) is 18.2 Å². The highest BCUT2D eigenvalue weighted by Gasteiger charge is 2.20. The molecular weight excluding hydrogens is 280 g/mol. The number of pyridine rings is 1. The van der Waals surface area contributed by atoms with Gasteiger partial charge >= 0.3 is 0 Å². The van der Waals surface area contributed by atoms with Crippen molar-refractivity contribution in [3.63, 3.8) is 0 Å². The maximum atomic E-state index is 5.78. The van der Waals surface area contributed by atoms with Gasteiger partial charge in [0.2, 0.25) is 0 Å². The number of aromatic nitrogens is 1. The van der Waals surface area contributed by atoms with E-state index in [1.165, 1.54) is 11.4 Å². The van der Waals surface area contributed by atoms with Gasteiger partial charge in [0.25, 0.3) is 0 Å². The Morgan fingerprint density at radius 1 is 1.19 bits per heavy atom. The van der Waals surface area contributed by atoms with Gasteiger partial charge in [-0.15, -0.1) is 0 Å². The fraction of sp³-hybridized carbons (Fsp3) is 0.250. The zero-order valence-electron chi connectivity index (χ0n) is 12.0. The van der Waals surface area contributed by atoms with E-state index in [-0.39, 0.29) is 0 Å². The molecule has 0 spiro atoms. The summed E-state index contributed by atoms with van der Waals surface area (Å²) in [6, 6.07) is 12.4. The van der Waals surface area contributed by atoms with Gasteiger partial charge in [-0.1, -0.05) is 30.4 Å². The Morgan fingerprint density at radius 2 is 1.95 bits per heavy atom. The second-order valence-corrected chi connectivity index (χ2v) is 5.65. The van der Waals surface area contributed by atoms with Crippen LogP contribution in [-0.2, 0) is 6.54 Å². The minimum Gasteiger partial charge on any atom is -0.388 e. The molecule has 0 saturated carbocycles. The molecule has 0 unspecified atom stereocenters.